The minimum Gasteiger partial charge on any atom is -0.372 e. The van der Waals surface area contributed by atoms with Crippen LogP contribution in [0, 0.1) is 0 Å². The molecule has 0 saturated carbocycles. The first-order valence-electron chi connectivity index (χ1n) is 6.86. The maximum atomic E-state index is 11.9. The third-order valence-electron chi connectivity index (χ3n) is 3.34. The minimum absolute atomic E-state index is 0.108. The Kier molecular flexibility index (Phi) is 7.21. The molecule has 0 spiro atoms. The second kappa shape index (κ2) is 8.48. The van der Waals surface area contributed by atoms with Gasteiger partial charge in [0.2, 0.25) is 5.91 Å². The summed E-state index contributed by atoms with van der Waals surface area (Å²) < 4.78 is 5.41. The van der Waals surface area contributed by atoms with Gasteiger partial charge in [0.15, 0.2) is 0 Å². The molecule has 0 aromatic carbocycles. The molecule has 2 N–H and O–H groups in total. The van der Waals surface area contributed by atoms with E-state index >= 15 is 0 Å². The predicted molar refractivity (Wildman–Crippen MR) is 68.8 cm³/mol. The first kappa shape index (κ1) is 14.5. The number of nitrogens with zero attached hydrogens (tertiary/aromatic N) is 1. The van der Waals surface area contributed by atoms with Crippen molar-refractivity contribution < 1.29 is 9.53 Å². The van der Waals surface area contributed by atoms with Crippen LogP contribution in [0.4, 0.5) is 0 Å². The monoisotopic (exact) mass is 242 g/mol. The van der Waals surface area contributed by atoms with Gasteiger partial charge in [-0.3, -0.25) is 4.79 Å². The highest BCUT2D eigenvalue weighted by molar-refractivity contribution is 5.77. The van der Waals surface area contributed by atoms with Crippen LogP contribution < -0.4 is 5.73 Å². The second-order valence-electron chi connectivity index (χ2n) is 4.73. The Balaban J connectivity index is 2.20. The number of rotatable bonds is 7. The molecule has 0 aliphatic carbocycles. The zero-order valence-corrected chi connectivity index (χ0v) is 11.0. The molecule has 1 atom stereocenters. The van der Waals surface area contributed by atoms with Gasteiger partial charge in [-0.25, -0.2) is 0 Å². The van der Waals surface area contributed by atoms with Crippen LogP contribution in [0.2, 0.25) is 0 Å². The molecule has 1 aliphatic rings. The summed E-state index contributed by atoms with van der Waals surface area (Å²) in [5.74, 6) is 0.108. The fraction of sp³-hybridized carbons (Fsp3) is 0.923. The van der Waals surface area contributed by atoms with E-state index in [1.165, 1.54) is 19.3 Å². The zero-order valence-electron chi connectivity index (χ0n) is 11.0. The van der Waals surface area contributed by atoms with Gasteiger partial charge in [-0.05, 0) is 25.7 Å². The molecule has 0 radical (unpaired) electrons. The van der Waals surface area contributed by atoms with Crippen molar-refractivity contribution in [3.8, 4) is 0 Å². The lowest BCUT2D eigenvalue weighted by Gasteiger charge is -2.35. The number of hydrogen-bond donors (Lipinski definition) is 1. The normalized spacial score (nSPS) is 20.6. The molecule has 17 heavy (non-hydrogen) atoms. The van der Waals surface area contributed by atoms with E-state index in [2.05, 4.69) is 6.92 Å². The number of piperidine rings is 1. The largest absolute Gasteiger partial charge is 0.372 e. The van der Waals surface area contributed by atoms with E-state index in [-0.39, 0.29) is 18.6 Å². The number of carbonyl (C=O) groups excluding carboxylic acids is 1. The Morgan fingerprint density at radius 2 is 2.24 bits per heavy atom. The van der Waals surface area contributed by atoms with Crippen molar-refractivity contribution in [1.29, 1.82) is 0 Å². The molecular formula is C13H26N2O2. The van der Waals surface area contributed by atoms with E-state index in [0.717, 1.165) is 25.8 Å². The van der Waals surface area contributed by atoms with Crippen molar-refractivity contribution in [2.45, 2.75) is 51.5 Å². The van der Waals surface area contributed by atoms with Crippen LogP contribution >= 0.6 is 0 Å². The molecule has 4 heteroatoms. The first-order valence-corrected chi connectivity index (χ1v) is 6.86. The van der Waals surface area contributed by atoms with Crippen molar-refractivity contribution in [2.75, 3.05) is 26.3 Å². The molecule has 1 amide bonds. The van der Waals surface area contributed by atoms with Crippen molar-refractivity contribution in [3.05, 3.63) is 0 Å². The SMILES string of the molecule is CCCCCOCC(=O)N1CCCCC1CN. The summed E-state index contributed by atoms with van der Waals surface area (Å²) in [6.07, 6.45) is 6.71. The molecule has 1 heterocycles. The van der Waals surface area contributed by atoms with Gasteiger partial charge in [-0.1, -0.05) is 19.8 Å². The van der Waals surface area contributed by atoms with Gasteiger partial charge in [-0.15, -0.1) is 0 Å². The Hall–Kier alpha value is -0.610. The fourth-order valence-corrected chi connectivity index (χ4v) is 2.27. The van der Waals surface area contributed by atoms with Crippen LogP contribution in [0.15, 0.2) is 0 Å². The molecule has 100 valence electrons. The van der Waals surface area contributed by atoms with Crippen LogP contribution in [0.25, 0.3) is 0 Å². The second-order valence-corrected chi connectivity index (χ2v) is 4.73. The van der Waals surface area contributed by atoms with E-state index in [1.54, 1.807) is 0 Å². The van der Waals surface area contributed by atoms with Gasteiger partial charge in [-0.2, -0.15) is 0 Å². The van der Waals surface area contributed by atoms with E-state index in [4.69, 9.17) is 10.5 Å². The van der Waals surface area contributed by atoms with Crippen molar-refractivity contribution in [3.63, 3.8) is 0 Å². The van der Waals surface area contributed by atoms with Crippen molar-refractivity contribution in [2.24, 2.45) is 5.73 Å². The molecule has 0 aromatic heterocycles. The van der Waals surface area contributed by atoms with Crippen molar-refractivity contribution in [1.82, 2.24) is 4.90 Å². The highest BCUT2D eigenvalue weighted by Gasteiger charge is 2.25. The average molecular weight is 242 g/mol. The van der Waals surface area contributed by atoms with Gasteiger partial charge in [0.1, 0.15) is 6.61 Å². The van der Waals surface area contributed by atoms with Crippen LogP contribution in [0.3, 0.4) is 0 Å². The molecule has 1 saturated heterocycles. The number of amides is 1. The van der Waals surface area contributed by atoms with Crippen LogP contribution in [-0.2, 0) is 9.53 Å². The van der Waals surface area contributed by atoms with E-state index in [1.807, 2.05) is 4.90 Å². The van der Waals surface area contributed by atoms with Gasteiger partial charge in [0.25, 0.3) is 0 Å². The molecule has 1 aliphatic heterocycles. The van der Waals surface area contributed by atoms with Gasteiger partial charge in [0, 0.05) is 25.7 Å². The van der Waals surface area contributed by atoms with Crippen LogP contribution in [0.1, 0.15) is 45.4 Å². The van der Waals surface area contributed by atoms with Crippen LogP contribution in [-0.4, -0.2) is 43.2 Å². The third kappa shape index (κ3) is 5.04. The number of unbranched alkanes of at least 4 members (excludes halogenated alkanes) is 2. The summed E-state index contributed by atoms with van der Waals surface area (Å²) in [5.41, 5.74) is 5.69. The Bertz CT molecular complexity index is 221. The Morgan fingerprint density at radius 1 is 1.41 bits per heavy atom. The highest BCUT2D eigenvalue weighted by Crippen LogP contribution is 2.16. The first-order chi connectivity index (χ1) is 8.29. The summed E-state index contributed by atoms with van der Waals surface area (Å²) in [6, 6.07) is 0.232. The van der Waals surface area contributed by atoms with Crippen molar-refractivity contribution >= 4 is 5.91 Å². The quantitative estimate of drug-likeness (QED) is 0.689. The Morgan fingerprint density at radius 3 is 2.94 bits per heavy atom. The molecule has 4 nitrogen and oxygen atoms in total. The van der Waals surface area contributed by atoms with E-state index in [0.29, 0.717) is 13.2 Å². The Labute approximate surface area is 104 Å². The summed E-state index contributed by atoms with van der Waals surface area (Å²) >= 11 is 0. The number of nitrogens with two attached hydrogens (primary N) is 1. The van der Waals surface area contributed by atoms with E-state index < -0.39 is 0 Å². The standard InChI is InChI=1S/C13H26N2O2/c1-2-3-6-9-17-11-13(16)15-8-5-4-7-12(15)10-14/h12H,2-11,14H2,1H3. The zero-order chi connectivity index (χ0) is 12.5. The lowest BCUT2D eigenvalue weighted by atomic mass is 10.0. The van der Waals surface area contributed by atoms with E-state index in [9.17, 15) is 4.79 Å². The lowest BCUT2D eigenvalue weighted by Crippen LogP contribution is -2.48. The van der Waals surface area contributed by atoms with Gasteiger partial charge < -0.3 is 15.4 Å². The molecule has 0 aromatic rings. The molecule has 0 bridgehead atoms. The highest BCUT2D eigenvalue weighted by atomic mass is 16.5. The number of carbonyl (C=O) groups is 1. The molecule has 1 rings (SSSR count). The fourth-order valence-electron chi connectivity index (χ4n) is 2.27. The van der Waals surface area contributed by atoms with Gasteiger partial charge in [0.05, 0.1) is 0 Å². The number of likely N-dealkylation sites (tertiary alicyclic amines) is 1. The lowest BCUT2D eigenvalue weighted by molar-refractivity contribution is -0.139. The minimum atomic E-state index is 0.108. The summed E-state index contributed by atoms with van der Waals surface area (Å²) in [5, 5.41) is 0. The maximum absolute atomic E-state index is 11.9. The number of hydrogen-bond acceptors (Lipinski definition) is 3. The predicted octanol–water partition coefficient (Wildman–Crippen LogP) is 1.53. The molecular weight excluding hydrogens is 216 g/mol. The number of ether oxygens (including phenoxy) is 1. The molecule has 1 fully saturated rings. The third-order valence-corrected chi connectivity index (χ3v) is 3.34. The summed E-state index contributed by atoms with van der Waals surface area (Å²) in [4.78, 5) is 13.9. The maximum Gasteiger partial charge on any atom is 0.248 e. The molecule has 1 unspecified atom stereocenters. The summed E-state index contributed by atoms with van der Waals surface area (Å²) in [6.45, 7) is 4.49. The summed E-state index contributed by atoms with van der Waals surface area (Å²) in [7, 11) is 0. The van der Waals surface area contributed by atoms with Crippen LogP contribution in [0.5, 0.6) is 0 Å². The topological polar surface area (TPSA) is 55.6 Å². The average Bonchev–Trinajstić information content (AvgIpc) is 2.38. The smallest absolute Gasteiger partial charge is 0.248 e. The van der Waals surface area contributed by atoms with Gasteiger partial charge >= 0.3 is 0 Å².